The van der Waals surface area contributed by atoms with E-state index < -0.39 is 5.97 Å². The van der Waals surface area contributed by atoms with Crippen LogP contribution < -0.4 is 11.1 Å². The highest BCUT2D eigenvalue weighted by molar-refractivity contribution is 5.91. The van der Waals surface area contributed by atoms with Crippen LogP contribution in [0.1, 0.15) is 26.8 Å². The zero-order valence-corrected chi connectivity index (χ0v) is 10.6. The van der Waals surface area contributed by atoms with E-state index in [0.717, 1.165) is 0 Å². The van der Waals surface area contributed by atoms with Gasteiger partial charge in [-0.15, -0.1) is 0 Å². The molecular formula is C12H14N4O4. The summed E-state index contributed by atoms with van der Waals surface area (Å²) < 4.78 is 6.78. The quantitative estimate of drug-likeness (QED) is 0.686. The van der Waals surface area contributed by atoms with Crippen LogP contribution in [0.15, 0.2) is 29.1 Å². The van der Waals surface area contributed by atoms with E-state index in [2.05, 4.69) is 10.3 Å². The Morgan fingerprint density at radius 1 is 1.45 bits per heavy atom. The molecule has 2 aromatic heterocycles. The Kier molecular flexibility index (Phi) is 4.16. The average molecular weight is 278 g/mol. The van der Waals surface area contributed by atoms with Gasteiger partial charge in [-0.2, -0.15) is 0 Å². The molecule has 0 aliphatic rings. The molecule has 106 valence electrons. The zero-order chi connectivity index (χ0) is 14.5. The van der Waals surface area contributed by atoms with E-state index in [9.17, 15) is 9.59 Å². The fourth-order valence-corrected chi connectivity index (χ4v) is 1.59. The van der Waals surface area contributed by atoms with Crippen LogP contribution in [0.3, 0.4) is 0 Å². The maximum atomic E-state index is 11.7. The Labute approximate surface area is 114 Å². The van der Waals surface area contributed by atoms with Gasteiger partial charge < -0.3 is 25.1 Å². The lowest BCUT2D eigenvalue weighted by atomic mass is 10.4. The fourth-order valence-electron chi connectivity index (χ4n) is 1.59. The SMILES string of the molecule is NCc1ccc(C(=O)NCCn2cnc(C(=O)O)c2)o1. The van der Waals surface area contributed by atoms with E-state index in [1.807, 2.05) is 0 Å². The minimum absolute atomic E-state index is 0.0325. The first kappa shape index (κ1) is 13.8. The van der Waals surface area contributed by atoms with Crippen LogP contribution >= 0.6 is 0 Å². The highest BCUT2D eigenvalue weighted by atomic mass is 16.4. The molecule has 0 unspecified atom stereocenters. The number of nitrogens with zero attached hydrogens (tertiary/aromatic N) is 2. The summed E-state index contributed by atoms with van der Waals surface area (Å²) in [6.07, 6.45) is 2.79. The second kappa shape index (κ2) is 6.02. The number of hydrogen-bond acceptors (Lipinski definition) is 5. The predicted octanol–water partition coefficient (Wildman–Crippen LogP) is 0.0630. The van der Waals surface area contributed by atoms with Crippen molar-refractivity contribution in [1.82, 2.24) is 14.9 Å². The van der Waals surface area contributed by atoms with E-state index in [1.165, 1.54) is 12.5 Å². The molecule has 0 radical (unpaired) electrons. The lowest BCUT2D eigenvalue weighted by Gasteiger charge is -2.03. The monoisotopic (exact) mass is 278 g/mol. The molecule has 2 aromatic rings. The van der Waals surface area contributed by atoms with E-state index in [-0.39, 0.29) is 23.9 Å². The first-order chi connectivity index (χ1) is 9.60. The van der Waals surface area contributed by atoms with Crippen molar-refractivity contribution in [3.8, 4) is 0 Å². The number of furan rings is 1. The number of carbonyl (C=O) groups excluding carboxylic acids is 1. The van der Waals surface area contributed by atoms with Crippen molar-refractivity contribution in [2.75, 3.05) is 6.54 Å². The number of amides is 1. The van der Waals surface area contributed by atoms with E-state index >= 15 is 0 Å². The van der Waals surface area contributed by atoms with Gasteiger partial charge in [0.2, 0.25) is 0 Å². The Morgan fingerprint density at radius 2 is 2.25 bits per heavy atom. The van der Waals surface area contributed by atoms with Crippen molar-refractivity contribution in [2.24, 2.45) is 5.73 Å². The van der Waals surface area contributed by atoms with Crippen molar-refractivity contribution in [3.05, 3.63) is 41.9 Å². The first-order valence-electron chi connectivity index (χ1n) is 5.92. The summed E-state index contributed by atoms with van der Waals surface area (Å²) in [5, 5.41) is 11.4. The molecule has 0 atom stereocenters. The number of rotatable bonds is 6. The largest absolute Gasteiger partial charge is 0.476 e. The van der Waals surface area contributed by atoms with Gasteiger partial charge >= 0.3 is 5.97 Å². The molecule has 0 fully saturated rings. The minimum atomic E-state index is -1.09. The van der Waals surface area contributed by atoms with Crippen molar-refractivity contribution in [3.63, 3.8) is 0 Å². The molecule has 2 rings (SSSR count). The highest BCUT2D eigenvalue weighted by Gasteiger charge is 2.10. The van der Waals surface area contributed by atoms with Gasteiger partial charge in [0.05, 0.1) is 12.9 Å². The molecule has 8 nitrogen and oxygen atoms in total. The van der Waals surface area contributed by atoms with Gasteiger partial charge in [-0.1, -0.05) is 0 Å². The maximum absolute atomic E-state index is 11.7. The van der Waals surface area contributed by atoms with Crippen LogP contribution in [0, 0.1) is 0 Å². The number of aromatic nitrogens is 2. The Bertz CT molecular complexity index is 617. The number of hydrogen-bond donors (Lipinski definition) is 3. The van der Waals surface area contributed by atoms with E-state index in [4.69, 9.17) is 15.3 Å². The smallest absolute Gasteiger partial charge is 0.356 e. The number of nitrogens with two attached hydrogens (primary N) is 1. The summed E-state index contributed by atoms with van der Waals surface area (Å²) >= 11 is 0. The van der Waals surface area contributed by atoms with Crippen LogP contribution in [0.5, 0.6) is 0 Å². The molecule has 0 aliphatic heterocycles. The molecule has 0 bridgehead atoms. The number of carbonyl (C=O) groups is 2. The van der Waals surface area contributed by atoms with Crippen LogP contribution in [-0.2, 0) is 13.1 Å². The van der Waals surface area contributed by atoms with Crippen LogP contribution in [0.25, 0.3) is 0 Å². The third-order valence-electron chi connectivity index (χ3n) is 2.59. The van der Waals surface area contributed by atoms with Crippen LogP contribution in [0.4, 0.5) is 0 Å². The number of imidazole rings is 1. The van der Waals surface area contributed by atoms with Gasteiger partial charge in [0.15, 0.2) is 11.5 Å². The normalized spacial score (nSPS) is 10.4. The first-order valence-corrected chi connectivity index (χ1v) is 5.92. The van der Waals surface area contributed by atoms with E-state index in [1.54, 1.807) is 16.7 Å². The molecule has 4 N–H and O–H groups in total. The Hall–Kier alpha value is -2.61. The lowest BCUT2D eigenvalue weighted by molar-refractivity contribution is 0.0690. The topological polar surface area (TPSA) is 123 Å². The summed E-state index contributed by atoms with van der Waals surface area (Å²) in [5.41, 5.74) is 5.35. The Balaban J connectivity index is 1.82. The number of aromatic carboxylic acids is 1. The summed E-state index contributed by atoms with van der Waals surface area (Å²) in [6.45, 7) is 0.976. The van der Waals surface area contributed by atoms with Crippen molar-refractivity contribution in [2.45, 2.75) is 13.1 Å². The molecule has 20 heavy (non-hydrogen) atoms. The van der Waals surface area contributed by atoms with Gasteiger partial charge in [0.1, 0.15) is 5.76 Å². The predicted molar refractivity (Wildman–Crippen MR) is 68.1 cm³/mol. The maximum Gasteiger partial charge on any atom is 0.356 e. The van der Waals surface area contributed by atoms with Crippen molar-refractivity contribution in [1.29, 1.82) is 0 Å². The van der Waals surface area contributed by atoms with Gasteiger partial charge in [0.25, 0.3) is 5.91 Å². The van der Waals surface area contributed by atoms with Crippen LogP contribution in [0.2, 0.25) is 0 Å². The number of carboxylic acids is 1. The van der Waals surface area contributed by atoms with Gasteiger partial charge in [-0.05, 0) is 12.1 Å². The van der Waals surface area contributed by atoms with Gasteiger partial charge in [0, 0.05) is 19.3 Å². The second-order valence-corrected chi connectivity index (χ2v) is 4.03. The summed E-state index contributed by atoms with van der Waals surface area (Å²) in [5.74, 6) is -0.695. The molecule has 8 heteroatoms. The molecule has 0 saturated heterocycles. The zero-order valence-electron chi connectivity index (χ0n) is 10.6. The lowest BCUT2D eigenvalue weighted by Crippen LogP contribution is -2.26. The molecule has 0 saturated carbocycles. The third-order valence-corrected chi connectivity index (χ3v) is 2.59. The molecule has 0 aromatic carbocycles. The average Bonchev–Trinajstić information content (AvgIpc) is 3.07. The summed E-state index contributed by atoms with van der Waals surface area (Å²) in [4.78, 5) is 26.1. The molecular weight excluding hydrogens is 264 g/mol. The number of nitrogens with one attached hydrogen (secondary N) is 1. The number of carboxylic acid groups (broad SMARTS) is 1. The van der Waals surface area contributed by atoms with Crippen LogP contribution in [-0.4, -0.2) is 33.1 Å². The highest BCUT2D eigenvalue weighted by Crippen LogP contribution is 2.06. The molecule has 2 heterocycles. The summed E-state index contributed by atoms with van der Waals surface area (Å²) in [6, 6.07) is 3.20. The van der Waals surface area contributed by atoms with E-state index in [0.29, 0.717) is 18.8 Å². The minimum Gasteiger partial charge on any atom is -0.476 e. The van der Waals surface area contributed by atoms with Crippen molar-refractivity contribution >= 4 is 11.9 Å². The molecule has 0 spiro atoms. The second-order valence-electron chi connectivity index (χ2n) is 4.03. The molecule has 0 aliphatic carbocycles. The van der Waals surface area contributed by atoms with Gasteiger partial charge in [-0.3, -0.25) is 4.79 Å². The molecule has 1 amide bonds. The third kappa shape index (κ3) is 3.23. The van der Waals surface area contributed by atoms with Crippen molar-refractivity contribution < 1.29 is 19.1 Å². The fraction of sp³-hybridized carbons (Fsp3) is 0.250. The standard InChI is InChI=1S/C12H14N4O4/c13-5-8-1-2-10(20-8)11(17)14-3-4-16-6-9(12(18)19)15-7-16/h1-2,6-7H,3-5,13H2,(H,14,17)(H,18,19). The summed E-state index contributed by atoms with van der Waals surface area (Å²) in [7, 11) is 0. The Morgan fingerprint density at radius 3 is 2.85 bits per heavy atom. The van der Waals surface area contributed by atoms with Gasteiger partial charge in [-0.25, -0.2) is 9.78 Å².